The maximum absolute atomic E-state index is 13.8. The highest BCUT2D eigenvalue weighted by molar-refractivity contribution is 6.09. The van der Waals surface area contributed by atoms with Crippen LogP contribution in [0.5, 0.6) is 0 Å². The SMILES string of the molecule is CC1=C[C@@H]2/C=C(\C)C[C@H](CO)C[C@H](O)CCC(=O)[C@]23C(=O)N[C@@H](CC(C)C)[C@@H]3[C@@H]1C. The van der Waals surface area contributed by atoms with E-state index in [0.29, 0.717) is 25.2 Å². The van der Waals surface area contributed by atoms with Crippen molar-refractivity contribution < 1.29 is 19.8 Å². The molecule has 30 heavy (non-hydrogen) atoms. The number of carbonyl (C=O) groups is 2. The van der Waals surface area contributed by atoms with Crippen molar-refractivity contribution in [2.24, 2.45) is 35.0 Å². The predicted molar refractivity (Wildman–Crippen MR) is 118 cm³/mol. The fourth-order valence-corrected chi connectivity index (χ4v) is 6.26. The molecule has 0 radical (unpaired) electrons. The van der Waals surface area contributed by atoms with E-state index in [9.17, 15) is 19.8 Å². The Kier molecular flexibility index (Phi) is 6.93. The molecule has 0 bridgehead atoms. The molecule has 0 aromatic heterocycles. The van der Waals surface area contributed by atoms with E-state index in [1.165, 1.54) is 5.57 Å². The van der Waals surface area contributed by atoms with E-state index in [0.717, 1.165) is 12.0 Å². The first kappa shape index (κ1) is 23.2. The van der Waals surface area contributed by atoms with Crippen LogP contribution in [0, 0.1) is 35.0 Å². The topological polar surface area (TPSA) is 86.6 Å². The van der Waals surface area contributed by atoms with Crippen LogP contribution >= 0.6 is 0 Å². The second-order valence-corrected chi connectivity index (χ2v) is 10.4. The summed E-state index contributed by atoms with van der Waals surface area (Å²) in [6, 6.07) is -0.0171. The highest BCUT2D eigenvalue weighted by Gasteiger charge is 2.65. The Bertz CT molecular complexity index is 739. The standard InChI is InChI=1S/C25H39NO4/c1-14(2)8-21-23-17(5)16(4)11-19-10-15(3)9-18(13-27)12-20(28)6-7-22(29)25(19,23)24(30)26-21/h10-11,14,17-21,23,27-28H,6-9,12-13H2,1-5H3,(H,26,30)/b15-10+/t17-,18+,19+,20-,21+,23+,25-/m1/s1. The van der Waals surface area contributed by atoms with E-state index in [2.05, 4.69) is 45.2 Å². The molecular weight excluding hydrogens is 378 g/mol. The van der Waals surface area contributed by atoms with Gasteiger partial charge in [-0.1, -0.05) is 44.1 Å². The first-order valence-electron chi connectivity index (χ1n) is 11.6. The van der Waals surface area contributed by atoms with Gasteiger partial charge in [0, 0.05) is 30.9 Å². The van der Waals surface area contributed by atoms with E-state index in [1.54, 1.807) is 0 Å². The number of hydrogen-bond donors (Lipinski definition) is 3. The first-order valence-corrected chi connectivity index (χ1v) is 11.6. The number of aliphatic hydroxyl groups excluding tert-OH is 2. The molecule has 3 N–H and O–H groups in total. The van der Waals surface area contributed by atoms with Gasteiger partial charge in [-0.3, -0.25) is 9.59 Å². The van der Waals surface area contributed by atoms with E-state index >= 15 is 0 Å². The highest BCUT2D eigenvalue weighted by atomic mass is 16.3. The van der Waals surface area contributed by atoms with Gasteiger partial charge in [0.25, 0.3) is 0 Å². The van der Waals surface area contributed by atoms with Crippen LogP contribution in [0.15, 0.2) is 23.3 Å². The number of Topliss-reactive ketones (excluding diaryl/α,β-unsaturated/α-hetero) is 1. The summed E-state index contributed by atoms with van der Waals surface area (Å²) in [4.78, 5) is 27.4. The second kappa shape index (κ2) is 8.96. The number of ketones is 1. The summed E-state index contributed by atoms with van der Waals surface area (Å²) in [5.41, 5.74) is 1.20. The zero-order valence-corrected chi connectivity index (χ0v) is 19.1. The monoisotopic (exact) mass is 417 g/mol. The summed E-state index contributed by atoms with van der Waals surface area (Å²) in [7, 11) is 0. The van der Waals surface area contributed by atoms with Crippen molar-refractivity contribution in [2.75, 3.05) is 6.61 Å². The van der Waals surface area contributed by atoms with Crippen molar-refractivity contribution in [1.82, 2.24) is 5.32 Å². The molecule has 0 aromatic carbocycles. The van der Waals surface area contributed by atoms with E-state index < -0.39 is 11.5 Å². The summed E-state index contributed by atoms with van der Waals surface area (Å²) in [5.74, 6) is -0.00706. The Morgan fingerprint density at radius 1 is 1.23 bits per heavy atom. The number of hydrogen-bond acceptors (Lipinski definition) is 4. The van der Waals surface area contributed by atoms with Crippen molar-refractivity contribution >= 4 is 11.7 Å². The molecule has 1 spiro atoms. The van der Waals surface area contributed by atoms with Crippen molar-refractivity contribution in [3.63, 3.8) is 0 Å². The van der Waals surface area contributed by atoms with E-state index in [1.807, 2.05) is 6.92 Å². The van der Waals surface area contributed by atoms with Gasteiger partial charge in [0.05, 0.1) is 6.10 Å². The number of nitrogens with one attached hydrogen (secondary N) is 1. The zero-order valence-electron chi connectivity index (χ0n) is 19.1. The van der Waals surface area contributed by atoms with Crippen LogP contribution < -0.4 is 5.32 Å². The molecule has 3 rings (SSSR count). The van der Waals surface area contributed by atoms with Crippen LogP contribution in [0.4, 0.5) is 0 Å². The fourth-order valence-electron chi connectivity index (χ4n) is 6.26. The minimum atomic E-state index is -1.10. The average molecular weight is 418 g/mol. The van der Waals surface area contributed by atoms with Crippen molar-refractivity contribution in [2.45, 2.75) is 78.9 Å². The number of allylic oxidation sites excluding steroid dienone is 4. The molecule has 1 heterocycles. The van der Waals surface area contributed by atoms with Crippen LogP contribution in [0.25, 0.3) is 0 Å². The van der Waals surface area contributed by atoms with Gasteiger partial charge in [0.1, 0.15) is 11.2 Å². The van der Waals surface area contributed by atoms with Crippen LogP contribution in [0.1, 0.15) is 66.7 Å². The minimum absolute atomic E-state index is 0.0114. The quantitative estimate of drug-likeness (QED) is 0.485. The molecule has 2 aliphatic carbocycles. The smallest absolute Gasteiger partial charge is 0.235 e. The van der Waals surface area contributed by atoms with Crippen molar-refractivity contribution in [3.8, 4) is 0 Å². The van der Waals surface area contributed by atoms with Gasteiger partial charge >= 0.3 is 0 Å². The molecule has 168 valence electrons. The van der Waals surface area contributed by atoms with Gasteiger partial charge in [-0.05, 0) is 57.3 Å². The third-order valence-electron chi connectivity index (χ3n) is 7.71. The maximum atomic E-state index is 13.8. The molecule has 5 heteroatoms. The summed E-state index contributed by atoms with van der Waals surface area (Å²) in [6.07, 6.45) is 6.12. The Hall–Kier alpha value is -1.46. The largest absolute Gasteiger partial charge is 0.396 e. The Morgan fingerprint density at radius 3 is 2.57 bits per heavy atom. The maximum Gasteiger partial charge on any atom is 0.235 e. The van der Waals surface area contributed by atoms with Gasteiger partial charge in [-0.25, -0.2) is 0 Å². The molecule has 0 unspecified atom stereocenters. The minimum Gasteiger partial charge on any atom is -0.396 e. The summed E-state index contributed by atoms with van der Waals surface area (Å²) >= 11 is 0. The third kappa shape index (κ3) is 4.03. The first-order chi connectivity index (χ1) is 14.1. The average Bonchev–Trinajstić information content (AvgIpc) is 2.94. The lowest BCUT2D eigenvalue weighted by atomic mass is 9.54. The fraction of sp³-hybridized carbons (Fsp3) is 0.760. The van der Waals surface area contributed by atoms with Crippen molar-refractivity contribution in [1.29, 1.82) is 0 Å². The van der Waals surface area contributed by atoms with Crippen LogP contribution in [0.2, 0.25) is 0 Å². The van der Waals surface area contributed by atoms with Gasteiger partial charge in [0.15, 0.2) is 0 Å². The lowest BCUT2D eigenvalue weighted by Crippen LogP contribution is -2.52. The molecule has 0 saturated carbocycles. The molecule has 1 saturated heterocycles. The van der Waals surface area contributed by atoms with Crippen LogP contribution in [-0.4, -0.2) is 40.7 Å². The van der Waals surface area contributed by atoms with Gasteiger partial charge in [-0.15, -0.1) is 0 Å². The number of carbonyl (C=O) groups excluding carboxylic acids is 2. The molecule has 3 aliphatic rings. The number of aliphatic hydroxyl groups is 2. The summed E-state index contributed by atoms with van der Waals surface area (Å²) < 4.78 is 0. The van der Waals surface area contributed by atoms with Gasteiger partial charge in [-0.2, -0.15) is 0 Å². The van der Waals surface area contributed by atoms with Crippen molar-refractivity contribution in [3.05, 3.63) is 23.3 Å². The van der Waals surface area contributed by atoms with Gasteiger partial charge < -0.3 is 15.5 Å². The molecular formula is C25H39NO4. The molecule has 7 atom stereocenters. The third-order valence-corrected chi connectivity index (χ3v) is 7.71. The Labute approximate surface area is 181 Å². The molecule has 1 fully saturated rings. The Balaban J connectivity index is 2.14. The molecule has 0 aromatic rings. The predicted octanol–water partition coefficient (Wildman–Crippen LogP) is 3.40. The van der Waals surface area contributed by atoms with E-state index in [4.69, 9.17) is 0 Å². The lowest BCUT2D eigenvalue weighted by molar-refractivity contribution is -0.145. The lowest BCUT2D eigenvalue weighted by Gasteiger charge is -2.45. The van der Waals surface area contributed by atoms with Crippen LogP contribution in [-0.2, 0) is 9.59 Å². The summed E-state index contributed by atoms with van der Waals surface area (Å²) in [5, 5.41) is 23.5. The van der Waals surface area contributed by atoms with E-state index in [-0.39, 0.29) is 54.4 Å². The molecule has 1 aliphatic heterocycles. The van der Waals surface area contributed by atoms with Gasteiger partial charge in [0.2, 0.25) is 5.91 Å². The normalized spacial score (nSPS) is 41.9. The Morgan fingerprint density at radius 2 is 1.93 bits per heavy atom. The van der Waals surface area contributed by atoms with Crippen LogP contribution in [0.3, 0.4) is 0 Å². The number of amides is 1. The molecule has 5 nitrogen and oxygen atoms in total. The number of rotatable bonds is 3. The highest BCUT2D eigenvalue weighted by Crippen LogP contribution is 2.55. The molecule has 1 amide bonds. The second-order valence-electron chi connectivity index (χ2n) is 10.4. The zero-order chi connectivity index (χ0) is 22.2. The summed E-state index contributed by atoms with van der Waals surface area (Å²) in [6.45, 7) is 10.6.